The van der Waals surface area contributed by atoms with E-state index in [9.17, 15) is 19.5 Å². The number of aliphatic carboxylic acids is 1. The quantitative estimate of drug-likeness (QED) is 0.125. The van der Waals surface area contributed by atoms with Crippen molar-refractivity contribution in [2.24, 2.45) is 4.99 Å². The molecular formula is C27H26N6O4. The molecule has 0 spiro atoms. The Labute approximate surface area is 214 Å². The van der Waals surface area contributed by atoms with Gasteiger partial charge in [0.15, 0.2) is 6.19 Å². The van der Waals surface area contributed by atoms with Crippen LogP contribution in [0.3, 0.4) is 0 Å². The fraction of sp³-hybridized carbons (Fsp3) is 0.148. The molecule has 188 valence electrons. The van der Waals surface area contributed by atoms with E-state index in [0.717, 1.165) is 5.56 Å². The predicted octanol–water partition coefficient (Wildman–Crippen LogP) is 2.79. The monoisotopic (exact) mass is 498 g/mol. The van der Waals surface area contributed by atoms with Gasteiger partial charge in [0.25, 0.3) is 5.91 Å². The van der Waals surface area contributed by atoms with Crippen molar-refractivity contribution in [1.82, 2.24) is 16.0 Å². The largest absolute Gasteiger partial charge is 0.481 e. The number of nitriles is 1. The second kappa shape index (κ2) is 13.7. The standard InChI is InChI=1S/C27H26N6O4/c28-18-31-27(30-16-19-8-3-1-4-9-19)32-22-13-7-12-21(14-22)26(37)29-17-24(34)33-23(15-25(35)36)20-10-5-2-6-11-20/h1-14,23H,15-17H2,(H,29,37)(H,33,34)(H,35,36)(H2,30,31,32). The summed E-state index contributed by atoms with van der Waals surface area (Å²) in [5.74, 6) is -1.86. The summed E-state index contributed by atoms with van der Waals surface area (Å²) in [6.45, 7) is 0.0121. The average Bonchev–Trinajstić information content (AvgIpc) is 2.91. The van der Waals surface area contributed by atoms with Crippen LogP contribution in [0.2, 0.25) is 0 Å². The SMILES string of the molecule is N#CNC(=NCc1ccccc1)Nc1cccc(C(=O)NCC(=O)NC(CC(=O)O)c2ccccc2)c1. The minimum atomic E-state index is -1.06. The molecule has 0 aliphatic heterocycles. The van der Waals surface area contributed by atoms with Crippen LogP contribution in [0.15, 0.2) is 89.9 Å². The van der Waals surface area contributed by atoms with E-state index < -0.39 is 23.8 Å². The van der Waals surface area contributed by atoms with E-state index in [1.54, 1.807) is 54.6 Å². The molecule has 3 aromatic rings. The third-order valence-corrected chi connectivity index (χ3v) is 5.15. The van der Waals surface area contributed by atoms with Gasteiger partial charge in [0.1, 0.15) is 0 Å². The van der Waals surface area contributed by atoms with E-state index in [4.69, 9.17) is 5.26 Å². The number of aliphatic imine (C=N–C) groups is 1. The second-order valence-corrected chi connectivity index (χ2v) is 7.90. The fourth-order valence-corrected chi connectivity index (χ4v) is 3.41. The third-order valence-electron chi connectivity index (χ3n) is 5.15. The van der Waals surface area contributed by atoms with Crippen LogP contribution in [0, 0.1) is 11.5 Å². The Morgan fingerprint density at radius 3 is 2.32 bits per heavy atom. The van der Waals surface area contributed by atoms with Crippen molar-refractivity contribution in [2.75, 3.05) is 11.9 Å². The molecule has 0 aromatic heterocycles. The maximum absolute atomic E-state index is 12.6. The molecule has 3 rings (SSSR count). The number of benzene rings is 3. The Hall–Kier alpha value is -5.17. The van der Waals surface area contributed by atoms with E-state index >= 15 is 0 Å². The van der Waals surface area contributed by atoms with Crippen molar-refractivity contribution < 1.29 is 19.5 Å². The molecule has 37 heavy (non-hydrogen) atoms. The molecule has 0 bridgehead atoms. The lowest BCUT2D eigenvalue weighted by atomic mass is 10.0. The molecule has 10 heteroatoms. The lowest BCUT2D eigenvalue weighted by Crippen LogP contribution is -2.39. The zero-order valence-corrected chi connectivity index (χ0v) is 19.8. The lowest BCUT2D eigenvalue weighted by molar-refractivity contribution is -0.137. The summed E-state index contributed by atoms with van der Waals surface area (Å²) in [6.07, 6.45) is 1.54. The Morgan fingerprint density at radius 2 is 1.65 bits per heavy atom. The first-order chi connectivity index (χ1) is 17.9. The summed E-state index contributed by atoms with van der Waals surface area (Å²) in [5, 5.41) is 28.9. The number of carboxylic acids is 1. The van der Waals surface area contributed by atoms with E-state index in [1.165, 1.54) is 0 Å². The van der Waals surface area contributed by atoms with Crippen LogP contribution in [0.1, 0.15) is 33.9 Å². The smallest absolute Gasteiger partial charge is 0.305 e. The molecule has 3 aromatic carbocycles. The van der Waals surface area contributed by atoms with Crippen molar-refractivity contribution in [3.8, 4) is 6.19 Å². The summed E-state index contributed by atoms with van der Waals surface area (Å²) in [5.41, 5.74) is 2.41. The van der Waals surface area contributed by atoms with Gasteiger partial charge in [0.2, 0.25) is 11.9 Å². The molecule has 0 saturated heterocycles. The van der Waals surface area contributed by atoms with Gasteiger partial charge in [-0.3, -0.25) is 19.7 Å². The van der Waals surface area contributed by atoms with Crippen molar-refractivity contribution in [1.29, 1.82) is 5.26 Å². The normalized spacial score (nSPS) is 11.5. The molecule has 2 amide bonds. The first-order valence-corrected chi connectivity index (χ1v) is 11.4. The molecule has 5 N–H and O–H groups in total. The highest BCUT2D eigenvalue weighted by molar-refractivity contribution is 5.99. The molecule has 0 radical (unpaired) electrons. The van der Waals surface area contributed by atoms with Gasteiger partial charge in [-0.25, -0.2) is 4.99 Å². The van der Waals surface area contributed by atoms with E-state index in [0.29, 0.717) is 17.8 Å². The molecular weight excluding hydrogens is 472 g/mol. The molecule has 1 atom stereocenters. The van der Waals surface area contributed by atoms with Crippen molar-refractivity contribution >= 4 is 29.4 Å². The average molecular weight is 499 g/mol. The number of amides is 2. The van der Waals surface area contributed by atoms with Crippen molar-refractivity contribution in [3.05, 3.63) is 102 Å². The Kier molecular flexibility index (Phi) is 9.75. The Morgan fingerprint density at radius 1 is 0.946 bits per heavy atom. The summed E-state index contributed by atoms with van der Waals surface area (Å²) in [4.78, 5) is 40.7. The number of hydrogen-bond acceptors (Lipinski definition) is 5. The highest BCUT2D eigenvalue weighted by Gasteiger charge is 2.18. The van der Waals surface area contributed by atoms with Crippen LogP contribution in [-0.4, -0.2) is 35.4 Å². The number of nitrogens with zero attached hydrogens (tertiary/aromatic N) is 2. The van der Waals surface area contributed by atoms with Crippen LogP contribution >= 0.6 is 0 Å². The third kappa shape index (κ3) is 8.84. The topological polar surface area (TPSA) is 156 Å². The van der Waals surface area contributed by atoms with Crippen LogP contribution in [0.5, 0.6) is 0 Å². The maximum atomic E-state index is 12.6. The highest BCUT2D eigenvalue weighted by atomic mass is 16.4. The van der Waals surface area contributed by atoms with Crippen molar-refractivity contribution in [3.63, 3.8) is 0 Å². The Balaban J connectivity index is 1.59. The molecule has 0 saturated carbocycles. The van der Waals surface area contributed by atoms with Crippen LogP contribution < -0.4 is 21.3 Å². The Bertz CT molecular complexity index is 1290. The van der Waals surface area contributed by atoms with Gasteiger partial charge in [-0.1, -0.05) is 66.7 Å². The van der Waals surface area contributed by atoms with E-state index in [1.807, 2.05) is 36.5 Å². The number of carbonyl (C=O) groups excluding carboxylic acids is 2. The predicted molar refractivity (Wildman–Crippen MR) is 138 cm³/mol. The van der Waals surface area contributed by atoms with Gasteiger partial charge in [0, 0.05) is 11.3 Å². The van der Waals surface area contributed by atoms with Crippen LogP contribution in [0.4, 0.5) is 5.69 Å². The van der Waals surface area contributed by atoms with Crippen molar-refractivity contribution in [2.45, 2.75) is 19.0 Å². The number of carboxylic acid groups (broad SMARTS) is 1. The summed E-state index contributed by atoms with van der Waals surface area (Å²) >= 11 is 0. The van der Waals surface area contributed by atoms with Crippen LogP contribution in [-0.2, 0) is 16.1 Å². The first kappa shape index (κ1) is 26.4. The zero-order chi connectivity index (χ0) is 26.5. The number of rotatable bonds is 10. The molecule has 0 aliphatic rings. The lowest BCUT2D eigenvalue weighted by Gasteiger charge is -2.17. The number of hydrogen-bond donors (Lipinski definition) is 5. The fourth-order valence-electron chi connectivity index (χ4n) is 3.41. The molecule has 1 unspecified atom stereocenters. The summed E-state index contributed by atoms with van der Waals surface area (Å²) in [7, 11) is 0. The molecule has 0 heterocycles. The minimum Gasteiger partial charge on any atom is -0.481 e. The highest BCUT2D eigenvalue weighted by Crippen LogP contribution is 2.16. The van der Waals surface area contributed by atoms with Gasteiger partial charge in [-0.2, -0.15) is 5.26 Å². The first-order valence-electron chi connectivity index (χ1n) is 11.4. The molecule has 0 fully saturated rings. The van der Waals surface area contributed by atoms with Gasteiger partial charge in [-0.15, -0.1) is 0 Å². The second-order valence-electron chi connectivity index (χ2n) is 7.90. The summed E-state index contributed by atoms with van der Waals surface area (Å²) in [6, 6.07) is 24.0. The summed E-state index contributed by atoms with van der Waals surface area (Å²) < 4.78 is 0. The minimum absolute atomic E-state index is 0.216. The molecule has 10 nitrogen and oxygen atoms in total. The van der Waals surface area contributed by atoms with E-state index in [2.05, 4.69) is 26.3 Å². The van der Waals surface area contributed by atoms with Crippen LogP contribution in [0.25, 0.3) is 0 Å². The number of nitrogens with one attached hydrogen (secondary N) is 4. The van der Waals surface area contributed by atoms with Gasteiger partial charge >= 0.3 is 5.97 Å². The number of guanidine groups is 1. The number of anilines is 1. The maximum Gasteiger partial charge on any atom is 0.305 e. The molecule has 0 aliphatic carbocycles. The van der Waals surface area contributed by atoms with E-state index in [-0.39, 0.29) is 24.5 Å². The van der Waals surface area contributed by atoms with Gasteiger partial charge in [-0.05, 0) is 29.3 Å². The zero-order valence-electron chi connectivity index (χ0n) is 19.8. The number of carbonyl (C=O) groups is 3. The van der Waals surface area contributed by atoms with Gasteiger partial charge in [0.05, 0.1) is 25.6 Å². The van der Waals surface area contributed by atoms with Gasteiger partial charge < -0.3 is 21.1 Å².